The van der Waals surface area contributed by atoms with E-state index in [4.69, 9.17) is 4.74 Å². The molecule has 1 N–H and O–H groups in total. The van der Waals surface area contributed by atoms with E-state index in [2.05, 4.69) is 10.2 Å². The minimum Gasteiger partial charge on any atom is -0.448 e. The smallest absolute Gasteiger partial charge is 0.411 e. The van der Waals surface area contributed by atoms with Gasteiger partial charge in [0.2, 0.25) is 0 Å². The molecule has 4 nitrogen and oxygen atoms in total. The van der Waals surface area contributed by atoms with Crippen molar-refractivity contribution in [1.82, 2.24) is 4.90 Å². The van der Waals surface area contributed by atoms with Crippen molar-refractivity contribution in [3.05, 3.63) is 54.1 Å². The summed E-state index contributed by atoms with van der Waals surface area (Å²) < 4.78 is 32.5. The Morgan fingerprint density at radius 3 is 2.76 bits per heavy atom. The molecule has 2 aromatic carbocycles. The molecule has 2 aromatic rings. The number of benzene rings is 2. The highest BCUT2D eigenvalue weighted by Gasteiger charge is 2.22. The maximum absolute atomic E-state index is 14.1. The van der Waals surface area contributed by atoms with Crippen LogP contribution in [0, 0.1) is 11.6 Å². The molecule has 0 aromatic heterocycles. The Morgan fingerprint density at radius 2 is 2.04 bits per heavy atom. The summed E-state index contributed by atoms with van der Waals surface area (Å²) in [5.41, 5.74) is 1.10. The third-order valence-electron chi connectivity index (χ3n) is 4.46. The zero-order valence-electron chi connectivity index (χ0n) is 14.0. The summed E-state index contributed by atoms with van der Waals surface area (Å²) in [7, 11) is 2.01. The van der Waals surface area contributed by atoms with Crippen molar-refractivity contribution in [2.24, 2.45) is 0 Å². The van der Waals surface area contributed by atoms with E-state index in [0.717, 1.165) is 25.5 Å². The molecular weight excluding hydrogens is 326 g/mol. The van der Waals surface area contributed by atoms with Crippen LogP contribution in [0.3, 0.4) is 0 Å². The lowest BCUT2D eigenvalue weighted by atomic mass is 10.0. The van der Waals surface area contributed by atoms with Crippen LogP contribution in [0.5, 0.6) is 0 Å². The summed E-state index contributed by atoms with van der Waals surface area (Å²) in [6, 6.07) is 10.4. The summed E-state index contributed by atoms with van der Waals surface area (Å²) in [5.74, 6) is -1.33. The molecule has 1 heterocycles. The number of likely N-dealkylation sites (N-methyl/N-ethyl adjacent to an activating group) is 1. The maximum atomic E-state index is 14.1. The molecule has 1 atom stereocenters. The van der Waals surface area contributed by atoms with Crippen LogP contribution in [-0.4, -0.2) is 37.2 Å². The molecule has 0 bridgehead atoms. The van der Waals surface area contributed by atoms with Crippen LogP contribution in [-0.2, 0) is 4.74 Å². The summed E-state index contributed by atoms with van der Waals surface area (Å²) in [6.07, 6.45) is 1.51. The fourth-order valence-electron chi connectivity index (χ4n) is 3.04. The minimum atomic E-state index is -0.685. The first-order valence-corrected chi connectivity index (χ1v) is 8.23. The van der Waals surface area contributed by atoms with E-state index in [-0.39, 0.29) is 11.6 Å². The summed E-state index contributed by atoms with van der Waals surface area (Å²) in [5, 5.41) is 2.65. The van der Waals surface area contributed by atoms with Gasteiger partial charge in [-0.2, -0.15) is 0 Å². The average Bonchev–Trinajstić information content (AvgIpc) is 2.99. The fraction of sp³-hybridized carbons (Fsp3) is 0.316. The van der Waals surface area contributed by atoms with Crippen LogP contribution >= 0.6 is 0 Å². The molecule has 0 saturated carbocycles. The summed E-state index contributed by atoms with van der Waals surface area (Å²) in [6.45, 7) is 1.32. The van der Waals surface area contributed by atoms with Gasteiger partial charge in [-0.3, -0.25) is 5.32 Å². The van der Waals surface area contributed by atoms with E-state index < -0.39 is 17.7 Å². The van der Waals surface area contributed by atoms with Gasteiger partial charge in [0.1, 0.15) is 18.2 Å². The van der Waals surface area contributed by atoms with Gasteiger partial charge in [-0.05, 0) is 44.6 Å². The van der Waals surface area contributed by atoms with Gasteiger partial charge in [-0.15, -0.1) is 0 Å². The topological polar surface area (TPSA) is 41.6 Å². The van der Waals surface area contributed by atoms with Crippen LogP contribution in [0.25, 0.3) is 11.1 Å². The molecule has 1 aliphatic heterocycles. The van der Waals surface area contributed by atoms with Crippen molar-refractivity contribution in [2.45, 2.75) is 18.9 Å². The van der Waals surface area contributed by atoms with E-state index in [1.54, 1.807) is 24.3 Å². The Balaban J connectivity index is 1.71. The molecular formula is C19H20F2N2O2. The van der Waals surface area contributed by atoms with Crippen LogP contribution in [0.15, 0.2) is 42.5 Å². The zero-order chi connectivity index (χ0) is 17.8. The quantitative estimate of drug-likeness (QED) is 0.899. The summed E-state index contributed by atoms with van der Waals surface area (Å²) >= 11 is 0. The molecule has 0 unspecified atom stereocenters. The van der Waals surface area contributed by atoms with Gasteiger partial charge in [-0.25, -0.2) is 13.6 Å². The third-order valence-corrected chi connectivity index (χ3v) is 4.46. The minimum absolute atomic E-state index is 0.216. The average molecular weight is 346 g/mol. The molecule has 0 spiro atoms. The van der Waals surface area contributed by atoms with Crippen molar-refractivity contribution in [2.75, 3.05) is 25.5 Å². The molecule has 25 heavy (non-hydrogen) atoms. The number of nitrogens with one attached hydrogen (secondary N) is 1. The number of hydrogen-bond acceptors (Lipinski definition) is 3. The number of halogens is 2. The van der Waals surface area contributed by atoms with Crippen LogP contribution < -0.4 is 5.32 Å². The van der Waals surface area contributed by atoms with Crippen LogP contribution in [0.1, 0.15) is 12.8 Å². The Kier molecular flexibility index (Phi) is 5.28. The number of hydrogen-bond donors (Lipinski definition) is 1. The van der Waals surface area contributed by atoms with Crippen LogP contribution in [0.2, 0.25) is 0 Å². The van der Waals surface area contributed by atoms with Crippen molar-refractivity contribution in [1.29, 1.82) is 0 Å². The van der Waals surface area contributed by atoms with Gasteiger partial charge in [0.05, 0.1) is 5.69 Å². The van der Waals surface area contributed by atoms with E-state index in [1.165, 1.54) is 12.1 Å². The van der Waals surface area contributed by atoms with Crippen molar-refractivity contribution in [3.8, 4) is 11.1 Å². The first-order chi connectivity index (χ1) is 12.0. The Labute approximate surface area is 145 Å². The number of anilines is 1. The normalized spacial score (nSPS) is 17.5. The molecule has 6 heteroatoms. The molecule has 1 amide bonds. The van der Waals surface area contributed by atoms with Gasteiger partial charge in [-0.1, -0.05) is 18.2 Å². The molecule has 0 radical (unpaired) electrons. The number of carbonyl (C=O) groups is 1. The highest BCUT2D eigenvalue weighted by atomic mass is 19.1. The van der Waals surface area contributed by atoms with Crippen molar-refractivity contribution in [3.63, 3.8) is 0 Å². The molecule has 1 saturated heterocycles. The monoisotopic (exact) mass is 346 g/mol. The van der Waals surface area contributed by atoms with E-state index in [0.29, 0.717) is 17.9 Å². The Morgan fingerprint density at radius 1 is 1.24 bits per heavy atom. The Bertz CT molecular complexity index is 767. The lowest BCUT2D eigenvalue weighted by Gasteiger charge is -2.19. The highest BCUT2D eigenvalue weighted by molar-refractivity contribution is 5.91. The first-order valence-electron chi connectivity index (χ1n) is 8.23. The molecule has 1 aliphatic rings. The lowest BCUT2D eigenvalue weighted by Crippen LogP contribution is -2.31. The second-order valence-electron chi connectivity index (χ2n) is 6.17. The van der Waals surface area contributed by atoms with Crippen LogP contribution in [0.4, 0.5) is 19.3 Å². The second-order valence-corrected chi connectivity index (χ2v) is 6.17. The first kappa shape index (κ1) is 17.4. The molecule has 0 aliphatic carbocycles. The Hall–Kier alpha value is -2.47. The van der Waals surface area contributed by atoms with Gasteiger partial charge < -0.3 is 9.64 Å². The molecule has 3 rings (SSSR count). The van der Waals surface area contributed by atoms with Gasteiger partial charge in [0.25, 0.3) is 0 Å². The number of rotatable bonds is 4. The number of ether oxygens (including phenoxy) is 1. The predicted octanol–water partition coefficient (Wildman–Crippen LogP) is 4.27. The van der Waals surface area contributed by atoms with E-state index >= 15 is 0 Å². The zero-order valence-corrected chi connectivity index (χ0v) is 14.0. The standard InChI is InChI=1S/C19H20F2N2O2/c1-23-10-4-5-14(23)12-25-19(24)22-18-7-3-2-6-16(18)15-9-8-13(20)11-17(15)21/h2-3,6-9,11,14H,4-5,10,12H2,1H3,(H,22,24)/t14-/m0/s1. The van der Waals surface area contributed by atoms with Gasteiger partial charge in [0, 0.05) is 23.2 Å². The van der Waals surface area contributed by atoms with Crippen molar-refractivity contribution < 1.29 is 18.3 Å². The lowest BCUT2D eigenvalue weighted by molar-refractivity contribution is 0.127. The van der Waals surface area contributed by atoms with Gasteiger partial charge in [0.15, 0.2) is 0 Å². The second kappa shape index (κ2) is 7.61. The number of amides is 1. The number of para-hydroxylation sites is 1. The summed E-state index contributed by atoms with van der Waals surface area (Å²) in [4.78, 5) is 14.3. The molecule has 1 fully saturated rings. The number of carbonyl (C=O) groups excluding carboxylic acids is 1. The van der Waals surface area contributed by atoms with E-state index in [1.807, 2.05) is 7.05 Å². The van der Waals surface area contributed by atoms with E-state index in [9.17, 15) is 13.6 Å². The number of likely N-dealkylation sites (tertiary alicyclic amines) is 1. The predicted molar refractivity (Wildman–Crippen MR) is 92.4 cm³/mol. The van der Waals surface area contributed by atoms with Gasteiger partial charge >= 0.3 is 6.09 Å². The fourth-order valence-corrected chi connectivity index (χ4v) is 3.04. The number of nitrogens with zero attached hydrogens (tertiary/aromatic N) is 1. The molecule has 132 valence electrons. The highest BCUT2D eigenvalue weighted by Crippen LogP contribution is 2.30. The third kappa shape index (κ3) is 4.14. The largest absolute Gasteiger partial charge is 0.448 e. The SMILES string of the molecule is CN1CCC[C@H]1COC(=O)Nc1ccccc1-c1ccc(F)cc1F. The maximum Gasteiger partial charge on any atom is 0.411 e. The van der Waals surface area contributed by atoms with Crippen molar-refractivity contribution >= 4 is 11.8 Å².